The van der Waals surface area contributed by atoms with Crippen molar-refractivity contribution in [2.75, 3.05) is 0 Å². The van der Waals surface area contributed by atoms with Crippen LogP contribution in [0.2, 0.25) is 0 Å². The molecular formula is C26H27N3O. The van der Waals surface area contributed by atoms with Crippen LogP contribution >= 0.6 is 0 Å². The fourth-order valence-corrected chi connectivity index (χ4v) is 3.89. The van der Waals surface area contributed by atoms with Gasteiger partial charge in [-0.15, -0.1) is 0 Å². The van der Waals surface area contributed by atoms with Crippen LogP contribution in [0.15, 0.2) is 78.1 Å². The van der Waals surface area contributed by atoms with Crippen LogP contribution in [0.5, 0.6) is 0 Å². The molecule has 0 aliphatic heterocycles. The summed E-state index contributed by atoms with van der Waals surface area (Å²) in [6.07, 6.45) is 6.35. The second-order valence-electron chi connectivity index (χ2n) is 8.05. The van der Waals surface area contributed by atoms with E-state index in [-0.39, 0.29) is 11.6 Å². The van der Waals surface area contributed by atoms with Crippen molar-refractivity contribution >= 4 is 0 Å². The third kappa shape index (κ3) is 3.99. The Kier molecular flexibility index (Phi) is 5.40. The van der Waals surface area contributed by atoms with Gasteiger partial charge in [-0.2, -0.15) is 0 Å². The number of hydrogen-bond donors (Lipinski definition) is 0. The highest BCUT2D eigenvalue weighted by molar-refractivity contribution is 5.44. The number of aryl methyl sites for hydroxylation is 3. The summed E-state index contributed by atoms with van der Waals surface area (Å²) >= 11 is 0. The summed E-state index contributed by atoms with van der Waals surface area (Å²) in [5, 5.41) is 0. The van der Waals surface area contributed by atoms with Crippen molar-refractivity contribution in [2.24, 2.45) is 0 Å². The zero-order valence-corrected chi connectivity index (χ0v) is 18.0. The monoisotopic (exact) mass is 397 g/mol. The van der Waals surface area contributed by atoms with E-state index in [0.717, 1.165) is 33.6 Å². The van der Waals surface area contributed by atoms with Crippen molar-refractivity contribution in [1.29, 1.82) is 0 Å². The number of aromatic nitrogens is 3. The number of imidazole rings is 1. The number of nitrogens with zero attached hydrogens (tertiary/aromatic N) is 3. The molecule has 0 radical (unpaired) electrons. The fraction of sp³-hybridized carbons (Fsp3) is 0.231. The predicted octanol–water partition coefficient (Wildman–Crippen LogP) is 5.16. The van der Waals surface area contributed by atoms with Gasteiger partial charge in [0.15, 0.2) is 0 Å². The molecule has 0 spiro atoms. The highest BCUT2D eigenvalue weighted by atomic mass is 16.1. The smallest absolute Gasteiger partial charge is 0.254 e. The minimum Gasteiger partial charge on any atom is -0.308 e. The van der Waals surface area contributed by atoms with Crippen LogP contribution in [0, 0.1) is 20.8 Å². The van der Waals surface area contributed by atoms with E-state index < -0.39 is 0 Å². The molecular weight excluding hydrogens is 370 g/mol. The molecule has 4 rings (SSSR count). The molecule has 0 bridgehead atoms. The van der Waals surface area contributed by atoms with Gasteiger partial charge in [0.05, 0.1) is 18.1 Å². The van der Waals surface area contributed by atoms with Crippen LogP contribution in [-0.4, -0.2) is 14.1 Å². The Morgan fingerprint density at radius 2 is 1.77 bits per heavy atom. The number of rotatable bonds is 5. The Hall–Kier alpha value is -3.40. The largest absolute Gasteiger partial charge is 0.308 e. The van der Waals surface area contributed by atoms with E-state index in [1.807, 2.05) is 46.9 Å². The van der Waals surface area contributed by atoms with Crippen molar-refractivity contribution in [3.8, 4) is 5.69 Å². The van der Waals surface area contributed by atoms with Gasteiger partial charge in [-0.3, -0.25) is 4.79 Å². The molecule has 30 heavy (non-hydrogen) atoms. The van der Waals surface area contributed by atoms with Crippen LogP contribution in [0.25, 0.3) is 5.69 Å². The summed E-state index contributed by atoms with van der Waals surface area (Å²) in [6.45, 7) is 8.22. The number of hydrogen-bond acceptors (Lipinski definition) is 2. The Bertz CT molecular complexity index is 1230. The summed E-state index contributed by atoms with van der Waals surface area (Å²) in [5.41, 5.74) is 7.62. The average Bonchev–Trinajstić information content (AvgIpc) is 3.16. The maximum absolute atomic E-state index is 13.2. The highest BCUT2D eigenvalue weighted by Gasteiger charge is 2.12. The van der Waals surface area contributed by atoms with Crippen LogP contribution in [0.4, 0.5) is 0 Å². The summed E-state index contributed by atoms with van der Waals surface area (Å²) in [6, 6.07) is 18.6. The van der Waals surface area contributed by atoms with E-state index in [2.05, 4.69) is 68.2 Å². The molecule has 0 N–H and O–H groups in total. The van der Waals surface area contributed by atoms with Crippen molar-refractivity contribution in [3.05, 3.63) is 117 Å². The average molecular weight is 398 g/mol. The molecule has 0 aliphatic carbocycles. The van der Waals surface area contributed by atoms with E-state index in [0.29, 0.717) is 6.42 Å². The Morgan fingerprint density at radius 1 is 1.00 bits per heavy atom. The first-order valence-electron chi connectivity index (χ1n) is 10.3. The first-order chi connectivity index (χ1) is 14.4. The van der Waals surface area contributed by atoms with Gasteiger partial charge in [0.1, 0.15) is 0 Å². The van der Waals surface area contributed by atoms with E-state index in [9.17, 15) is 4.79 Å². The first-order valence-corrected chi connectivity index (χ1v) is 10.3. The van der Waals surface area contributed by atoms with Crippen molar-refractivity contribution in [2.45, 2.75) is 40.2 Å². The van der Waals surface area contributed by atoms with Crippen LogP contribution in [0.1, 0.15) is 46.5 Å². The maximum atomic E-state index is 13.2. The molecule has 4 aromatic rings. The molecule has 0 amide bonds. The van der Waals surface area contributed by atoms with Gasteiger partial charge in [-0.1, -0.05) is 48.0 Å². The van der Waals surface area contributed by atoms with E-state index in [4.69, 9.17) is 0 Å². The number of benzene rings is 2. The molecule has 0 saturated carbocycles. The SMILES string of the molecule is Cc1ccc(C(C)n2cccc(Cc3ccc(-n4cnc(C)c4)c(C)c3)c2=O)cc1. The molecule has 2 aromatic heterocycles. The molecule has 2 heterocycles. The predicted molar refractivity (Wildman–Crippen MR) is 122 cm³/mol. The Balaban J connectivity index is 1.61. The van der Waals surface area contributed by atoms with E-state index in [1.165, 1.54) is 5.56 Å². The summed E-state index contributed by atoms with van der Waals surface area (Å²) < 4.78 is 3.86. The van der Waals surface area contributed by atoms with Crippen molar-refractivity contribution in [3.63, 3.8) is 0 Å². The van der Waals surface area contributed by atoms with Gasteiger partial charge in [0, 0.05) is 30.1 Å². The second kappa shape index (κ2) is 8.15. The summed E-state index contributed by atoms with van der Waals surface area (Å²) in [5.74, 6) is 0. The molecule has 152 valence electrons. The molecule has 0 fully saturated rings. The lowest BCUT2D eigenvalue weighted by Crippen LogP contribution is -2.26. The Labute approximate surface area is 177 Å². The van der Waals surface area contributed by atoms with Gasteiger partial charge >= 0.3 is 0 Å². The zero-order valence-electron chi connectivity index (χ0n) is 18.0. The van der Waals surface area contributed by atoms with Crippen LogP contribution in [0.3, 0.4) is 0 Å². The Morgan fingerprint density at radius 3 is 2.43 bits per heavy atom. The zero-order chi connectivity index (χ0) is 21.3. The normalized spacial score (nSPS) is 12.1. The molecule has 1 unspecified atom stereocenters. The van der Waals surface area contributed by atoms with Gasteiger partial charge in [0.2, 0.25) is 0 Å². The van der Waals surface area contributed by atoms with Gasteiger partial charge in [-0.25, -0.2) is 4.98 Å². The molecule has 4 nitrogen and oxygen atoms in total. The molecule has 1 atom stereocenters. The lowest BCUT2D eigenvalue weighted by molar-refractivity contribution is 0.609. The molecule has 0 aliphatic rings. The maximum Gasteiger partial charge on any atom is 0.254 e. The third-order valence-corrected chi connectivity index (χ3v) is 5.68. The van der Waals surface area contributed by atoms with Crippen molar-refractivity contribution < 1.29 is 0 Å². The van der Waals surface area contributed by atoms with E-state index >= 15 is 0 Å². The van der Waals surface area contributed by atoms with Crippen molar-refractivity contribution in [1.82, 2.24) is 14.1 Å². The quantitative estimate of drug-likeness (QED) is 0.467. The van der Waals surface area contributed by atoms with Gasteiger partial charge in [0.25, 0.3) is 5.56 Å². The molecule has 0 saturated heterocycles. The van der Waals surface area contributed by atoms with E-state index in [1.54, 1.807) is 0 Å². The van der Waals surface area contributed by atoms with Gasteiger partial charge in [-0.05, 0) is 56.5 Å². The minimum absolute atomic E-state index is 0.00774. The molecule has 4 heteroatoms. The minimum atomic E-state index is -0.00774. The van der Waals surface area contributed by atoms with Gasteiger partial charge < -0.3 is 9.13 Å². The third-order valence-electron chi connectivity index (χ3n) is 5.68. The number of pyridine rings is 1. The second-order valence-corrected chi connectivity index (χ2v) is 8.05. The van der Waals surface area contributed by atoms with Crippen LogP contribution in [-0.2, 0) is 6.42 Å². The standard InChI is InChI=1S/C26H27N3O/c1-18-7-10-23(11-8-18)21(4)29-13-5-6-24(26(29)30)15-22-9-12-25(19(2)14-22)28-16-20(3)27-17-28/h5-14,16-17,21H,15H2,1-4H3. The molecule has 2 aromatic carbocycles. The lowest BCUT2D eigenvalue weighted by atomic mass is 10.0. The van der Waals surface area contributed by atoms with Crippen LogP contribution < -0.4 is 5.56 Å². The highest BCUT2D eigenvalue weighted by Crippen LogP contribution is 2.20. The lowest BCUT2D eigenvalue weighted by Gasteiger charge is -2.17. The first kappa shape index (κ1) is 19.9. The topological polar surface area (TPSA) is 39.8 Å². The summed E-state index contributed by atoms with van der Waals surface area (Å²) in [4.78, 5) is 17.5. The fourth-order valence-electron chi connectivity index (χ4n) is 3.89. The summed E-state index contributed by atoms with van der Waals surface area (Å²) in [7, 11) is 0.